The largest absolute Gasteiger partial charge is 0.476 e. The van der Waals surface area contributed by atoms with E-state index in [0.717, 1.165) is 11.1 Å². The molecule has 28 heavy (non-hydrogen) atoms. The lowest BCUT2D eigenvalue weighted by molar-refractivity contribution is -0.129. The van der Waals surface area contributed by atoms with Gasteiger partial charge in [-0.3, -0.25) is 5.43 Å². The van der Waals surface area contributed by atoms with Gasteiger partial charge in [0.1, 0.15) is 6.07 Å². The third kappa shape index (κ3) is 4.00. The van der Waals surface area contributed by atoms with Crippen molar-refractivity contribution in [3.63, 3.8) is 0 Å². The van der Waals surface area contributed by atoms with E-state index in [4.69, 9.17) is 5.73 Å². The second-order valence-corrected chi connectivity index (χ2v) is 6.21. The minimum atomic E-state index is -1.21. The predicted molar refractivity (Wildman–Crippen MR) is 110 cm³/mol. The van der Waals surface area contributed by atoms with Crippen LogP contribution in [-0.4, -0.2) is 16.8 Å². The van der Waals surface area contributed by atoms with E-state index in [9.17, 15) is 15.2 Å². The highest BCUT2D eigenvalue weighted by Crippen LogP contribution is 2.29. The molecule has 0 aliphatic carbocycles. The average Bonchev–Trinajstić information content (AvgIpc) is 2.69. The Morgan fingerprint density at radius 3 is 2.39 bits per heavy atom. The number of hydrogen-bond donors (Lipinski definition) is 3. The Morgan fingerprint density at radius 1 is 1.11 bits per heavy atom. The molecule has 0 atom stereocenters. The fourth-order valence-corrected chi connectivity index (χ4v) is 2.76. The molecule has 0 spiro atoms. The number of benzene rings is 3. The highest BCUT2D eigenvalue weighted by Gasteiger charge is 2.18. The van der Waals surface area contributed by atoms with Gasteiger partial charge in [0.25, 0.3) is 0 Å². The van der Waals surface area contributed by atoms with Crippen molar-refractivity contribution in [2.24, 2.45) is 5.10 Å². The first-order valence-electron chi connectivity index (χ1n) is 8.52. The zero-order valence-corrected chi connectivity index (χ0v) is 15.2. The lowest BCUT2D eigenvalue weighted by atomic mass is 9.95. The summed E-state index contributed by atoms with van der Waals surface area (Å²) in [4.78, 5) is 11.8. The number of hydrazone groups is 1. The maximum Gasteiger partial charge on any atom is 0.356 e. The van der Waals surface area contributed by atoms with Crippen LogP contribution in [0.1, 0.15) is 16.7 Å². The number of anilines is 2. The molecule has 0 saturated carbocycles. The summed E-state index contributed by atoms with van der Waals surface area (Å²) < 4.78 is 0. The number of rotatable bonds is 5. The van der Waals surface area contributed by atoms with E-state index in [1.165, 1.54) is 6.07 Å². The van der Waals surface area contributed by atoms with Crippen LogP contribution in [0.15, 0.2) is 71.8 Å². The molecular formula is C22H18N4O2. The summed E-state index contributed by atoms with van der Waals surface area (Å²) in [7, 11) is 0. The number of hydrogen-bond acceptors (Lipinski definition) is 5. The van der Waals surface area contributed by atoms with E-state index in [1.54, 1.807) is 18.2 Å². The van der Waals surface area contributed by atoms with Crippen molar-refractivity contribution in [2.75, 3.05) is 11.2 Å². The van der Waals surface area contributed by atoms with Crippen LogP contribution in [0.3, 0.4) is 0 Å². The minimum Gasteiger partial charge on any atom is -0.476 e. The molecule has 0 fully saturated rings. The van der Waals surface area contributed by atoms with Gasteiger partial charge in [0.15, 0.2) is 5.71 Å². The Kier molecular flexibility index (Phi) is 5.38. The van der Waals surface area contributed by atoms with Crippen LogP contribution < -0.4 is 11.2 Å². The third-order valence-electron chi connectivity index (χ3n) is 4.19. The van der Waals surface area contributed by atoms with Gasteiger partial charge in [-0.25, -0.2) is 4.79 Å². The maximum atomic E-state index is 11.8. The van der Waals surface area contributed by atoms with Gasteiger partial charge in [-0.05, 0) is 36.8 Å². The monoisotopic (exact) mass is 370 g/mol. The van der Waals surface area contributed by atoms with Gasteiger partial charge in [-0.2, -0.15) is 10.4 Å². The highest BCUT2D eigenvalue weighted by molar-refractivity contribution is 6.43. The molecule has 0 heterocycles. The van der Waals surface area contributed by atoms with Crippen molar-refractivity contribution in [2.45, 2.75) is 6.92 Å². The molecule has 0 bridgehead atoms. The minimum absolute atomic E-state index is 0.197. The molecule has 0 aliphatic rings. The molecule has 3 aromatic rings. The Bertz CT molecular complexity index is 1080. The van der Waals surface area contributed by atoms with Crippen molar-refractivity contribution in [1.82, 2.24) is 0 Å². The van der Waals surface area contributed by atoms with Crippen LogP contribution in [0, 0.1) is 18.3 Å². The SMILES string of the molecule is Cc1ccc(N/N=C(\C(=O)O)c2cc(N)c(C#N)c(-c3ccccc3)c2)cc1. The van der Waals surface area contributed by atoms with E-state index in [0.29, 0.717) is 22.4 Å². The number of carboxylic acids is 1. The quantitative estimate of drug-likeness (QED) is 0.357. The fourth-order valence-electron chi connectivity index (χ4n) is 2.76. The smallest absolute Gasteiger partial charge is 0.356 e. The van der Waals surface area contributed by atoms with Gasteiger partial charge in [-0.15, -0.1) is 0 Å². The molecule has 138 valence electrons. The summed E-state index contributed by atoms with van der Waals surface area (Å²) in [5.41, 5.74) is 12.5. The standard InChI is InChI=1S/C22H18N4O2/c1-14-7-9-17(10-8-14)25-26-21(22(27)28)16-11-18(15-5-3-2-4-6-15)19(13-23)20(24)12-16/h2-12,25H,24H2,1H3,(H,27,28)/b26-21-. The van der Waals surface area contributed by atoms with Gasteiger partial charge in [-0.1, -0.05) is 48.0 Å². The normalized spacial score (nSPS) is 10.9. The molecule has 0 aliphatic heterocycles. The van der Waals surface area contributed by atoms with E-state index in [2.05, 4.69) is 16.6 Å². The lowest BCUT2D eigenvalue weighted by Crippen LogP contribution is -2.17. The molecule has 6 heteroatoms. The topological polar surface area (TPSA) is 112 Å². The van der Waals surface area contributed by atoms with E-state index in [1.807, 2.05) is 49.4 Å². The summed E-state index contributed by atoms with van der Waals surface area (Å²) in [5, 5.41) is 23.2. The predicted octanol–water partition coefficient (Wildman–Crippen LogP) is 4.02. The van der Waals surface area contributed by atoms with Gasteiger partial charge in [0, 0.05) is 11.1 Å². The first kappa shape index (κ1) is 18.7. The van der Waals surface area contributed by atoms with Gasteiger partial charge < -0.3 is 10.8 Å². The van der Waals surface area contributed by atoms with E-state index < -0.39 is 5.97 Å². The zero-order valence-electron chi connectivity index (χ0n) is 15.2. The van der Waals surface area contributed by atoms with Crippen molar-refractivity contribution < 1.29 is 9.90 Å². The summed E-state index contributed by atoms with van der Waals surface area (Å²) >= 11 is 0. The van der Waals surface area contributed by atoms with Crippen LogP contribution in [0.5, 0.6) is 0 Å². The van der Waals surface area contributed by atoms with Gasteiger partial charge in [0.05, 0.1) is 16.9 Å². The number of aryl methyl sites for hydroxylation is 1. The molecule has 4 N–H and O–H groups in total. The summed E-state index contributed by atoms with van der Waals surface area (Å²) in [5.74, 6) is -1.21. The number of nitrogens with two attached hydrogens (primary N) is 1. The van der Waals surface area contributed by atoms with Crippen LogP contribution in [0.2, 0.25) is 0 Å². The molecular weight excluding hydrogens is 352 g/mol. The molecule has 0 radical (unpaired) electrons. The summed E-state index contributed by atoms with van der Waals surface area (Å²) in [6, 6.07) is 21.8. The van der Waals surface area contributed by atoms with Crippen molar-refractivity contribution in [3.05, 3.63) is 83.4 Å². The number of carbonyl (C=O) groups is 1. The second-order valence-electron chi connectivity index (χ2n) is 6.21. The van der Waals surface area contributed by atoms with E-state index in [-0.39, 0.29) is 11.4 Å². The number of nitrogens with zero attached hydrogens (tertiary/aromatic N) is 2. The molecule has 0 aromatic heterocycles. The van der Waals surface area contributed by atoms with Crippen molar-refractivity contribution >= 4 is 23.1 Å². The molecule has 3 rings (SSSR count). The number of nitrogens with one attached hydrogen (secondary N) is 1. The van der Waals surface area contributed by atoms with Gasteiger partial charge >= 0.3 is 5.97 Å². The fraction of sp³-hybridized carbons (Fsp3) is 0.0455. The lowest BCUT2D eigenvalue weighted by Gasteiger charge is -2.11. The second kappa shape index (κ2) is 8.06. The number of nitrogen functional groups attached to an aromatic ring is 1. The molecule has 3 aromatic carbocycles. The Morgan fingerprint density at radius 2 is 1.79 bits per heavy atom. The molecule has 0 amide bonds. The van der Waals surface area contributed by atoms with Crippen molar-refractivity contribution in [1.29, 1.82) is 5.26 Å². The average molecular weight is 370 g/mol. The van der Waals surface area contributed by atoms with Crippen LogP contribution in [0.4, 0.5) is 11.4 Å². The summed E-state index contributed by atoms with van der Waals surface area (Å²) in [6.07, 6.45) is 0. The molecule has 6 nitrogen and oxygen atoms in total. The summed E-state index contributed by atoms with van der Waals surface area (Å²) in [6.45, 7) is 1.96. The third-order valence-corrected chi connectivity index (χ3v) is 4.19. The Balaban J connectivity index is 2.07. The Labute approximate surface area is 162 Å². The van der Waals surface area contributed by atoms with Crippen molar-refractivity contribution in [3.8, 4) is 17.2 Å². The Hall–Kier alpha value is -4.11. The molecule has 0 unspecified atom stereocenters. The van der Waals surface area contributed by atoms with Crippen LogP contribution in [0.25, 0.3) is 11.1 Å². The zero-order chi connectivity index (χ0) is 20.1. The van der Waals surface area contributed by atoms with Crippen LogP contribution >= 0.6 is 0 Å². The first-order chi connectivity index (χ1) is 13.5. The van der Waals surface area contributed by atoms with Gasteiger partial charge in [0.2, 0.25) is 0 Å². The maximum absolute atomic E-state index is 11.8. The number of carboxylic acid groups (broad SMARTS) is 1. The number of nitriles is 1. The first-order valence-corrected chi connectivity index (χ1v) is 8.52. The number of aliphatic carboxylic acids is 1. The highest BCUT2D eigenvalue weighted by atomic mass is 16.4. The van der Waals surface area contributed by atoms with Crippen LogP contribution in [-0.2, 0) is 4.79 Å². The molecule has 0 saturated heterocycles. The van der Waals surface area contributed by atoms with E-state index >= 15 is 0 Å².